The summed E-state index contributed by atoms with van der Waals surface area (Å²) in [7, 11) is -2.74. The molecule has 116 valence electrons. The van der Waals surface area contributed by atoms with Gasteiger partial charge in [0.2, 0.25) is 0 Å². The summed E-state index contributed by atoms with van der Waals surface area (Å²) in [5.74, 6) is -1.47. The van der Waals surface area contributed by atoms with Crippen LogP contribution >= 0.6 is 23.2 Å². The van der Waals surface area contributed by atoms with Crippen molar-refractivity contribution < 1.29 is 18.3 Å². The Morgan fingerprint density at radius 1 is 1.09 bits per heavy atom. The van der Waals surface area contributed by atoms with Gasteiger partial charge in [-0.3, -0.25) is 4.31 Å². The largest absolute Gasteiger partial charge is 0.545 e. The molecule has 0 amide bonds. The Morgan fingerprint density at radius 2 is 1.73 bits per heavy atom. The van der Waals surface area contributed by atoms with E-state index in [0.717, 1.165) is 4.31 Å². The van der Waals surface area contributed by atoms with Crippen LogP contribution in [0, 0.1) is 0 Å². The maximum atomic E-state index is 12.6. The normalized spacial score (nSPS) is 11.2. The van der Waals surface area contributed by atoms with Gasteiger partial charge < -0.3 is 9.90 Å². The van der Waals surface area contributed by atoms with Crippen LogP contribution in [-0.4, -0.2) is 21.4 Å². The molecule has 0 atom stereocenters. The fourth-order valence-corrected chi connectivity index (χ4v) is 3.45. The van der Waals surface area contributed by atoms with Crippen LogP contribution in [0.5, 0.6) is 0 Å². The lowest BCUT2D eigenvalue weighted by Crippen LogP contribution is -2.31. The van der Waals surface area contributed by atoms with Crippen molar-refractivity contribution in [2.75, 3.05) is 11.4 Å². The number of carboxylic acid groups (broad SMARTS) is 1. The summed E-state index contributed by atoms with van der Waals surface area (Å²) < 4.78 is 26.0. The second-order valence-electron chi connectivity index (χ2n) is 4.35. The van der Waals surface area contributed by atoms with Crippen LogP contribution in [0.1, 0.15) is 10.4 Å². The first-order valence-corrected chi connectivity index (χ1v) is 8.19. The van der Waals surface area contributed by atoms with Crippen LogP contribution in [-0.2, 0) is 10.0 Å². The number of para-hydroxylation sites is 1. The van der Waals surface area contributed by atoms with Gasteiger partial charge >= 0.3 is 0 Å². The molecule has 0 bridgehead atoms. The predicted molar refractivity (Wildman–Crippen MR) is 82.8 cm³/mol. The maximum Gasteiger partial charge on any atom is 0.264 e. The molecule has 2 rings (SSSR count). The summed E-state index contributed by atoms with van der Waals surface area (Å²) in [5.41, 5.74) is -0.234. The number of nitrogens with zero attached hydrogens (tertiary/aromatic N) is 1. The van der Waals surface area contributed by atoms with Gasteiger partial charge in [0.1, 0.15) is 0 Å². The third-order valence-electron chi connectivity index (χ3n) is 3.01. The van der Waals surface area contributed by atoms with E-state index in [-0.39, 0.29) is 26.2 Å². The van der Waals surface area contributed by atoms with Gasteiger partial charge in [0.15, 0.2) is 0 Å². The molecule has 2 aromatic carbocycles. The van der Waals surface area contributed by atoms with Gasteiger partial charge in [0.05, 0.1) is 26.6 Å². The van der Waals surface area contributed by atoms with Crippen molar-refractivity contribution in [1.29, 1.82) is 0 Å². The van der Waals surface area contributed by atoms with E-state index in [9.17, 15) is 18.3 Å². The molecule has 0 N–H and O–H groups in total. The molecule has 0 fully saturated rings. The fourth-order valence-electron chi connectivity index (χ4n) is 1.85. The summed E-state index contributed by atoms with van der Waals surface area (Å²) in [6, 6.07) is 9.51. The SMILES string of the molecule is CN(c1ccccc1C(=O)[O-])S(=O)(=O)c1ccc(Cl)c(Cl)c1. The molecule has 0 aliphatic carbocycles. The first-order chi connectivity index (χ1) is 10.2. The number of rotatable bonds is 4. The van der Waals surface area contributed by atoms with Crippen LogP contribution in [0.15, 0.2) is 47.4 Å². The molecular formula is C14H10Cl2NO4S-. The van der Waals surface area contributed by atoms with Gasteiger partial charge in [-0.1, -0.05) is 41.4 Å². The molecule has 0 aliphatic rings. The second-order valence-corrected chi connectivity index (χ2v) is 7.14. The Balaban J connectivity index is 2.54. The minimum absolute atomic E-state index is 0.00595. The monoisotopic (exact) mass is 358 g/mol. The maximum absolute atomic E-state index is 12.6. The molecule has 8 heteroatoms. The molecule has 5 nitrogen and oxygen atoms in total. The summed E-state index contributed by atoms with van der Waals surface area (Å²) in [6.45, 7) is 0. The highest BCUT2D eigenvalue weighted by molar-refractivity contribution is 7.92. The Kier molecular flexibility index (Phi) is 4.65. The lowest BCUT2D eigenvalue weighted by molar-refractivity contribution is -0.254. The molecule has 0 aliphatic heterocycles. The van der Waals surface area contributed by atoms with Crippen molar-refractivity contribution in [3.8, 4) is 0 Å². The number of aromatic carboxylic acids is 1. The summed E-state index contributed by atoms with van der Waals surface area (Å²) in [4.78, 5) is 11.0. The molecule has 0 heterocycles. The predicted octanol–water partition coefficient (Wildman–Crippen LogP) is 2.18. The van der Waals surface area contributed by atoms with E-state index in [1.54, 1.807) is 0 Å². The van der Waals surface area contributed by atoms with Gasteiger partial charge in [0.25, 0.3) is 10.0 Å². The third-order valence-corrected chi connectivity index (χ3v) is 5.52. The Labute approximate surface area is 137 Å². The van der Waals surface area contributed by atoms with E-state index in [2.05, 4.69) is 0 Å². The third kappa shape index (κ3) is 3.04. The number of anilines is 1. The topological polar surface area (TPSA) is 77.5 Å². The van der Waals surface area contributed by atoms with Gasteiger partial charge in [-0.25, -0.2) is 8.42 Å². The number of hydrogen-bond acceptors (Lipinski definition) is 4. The molecule has 0 radical (unpaired) electrons. The summed E-state index contributed by atoms with van der Waals surface area (Å²) in [6.07, 6.45) is 0. The van der Waals surface area contributed by atoms with Gasteiger partial charge in [-0.2, -0.15) is 0 Å². The van der Waals surface area contributed by atoms with Gasteiger partial charge in [-0.05, 0) is 24.3 Å². The van der Waals surface area contributed by atoms with E-state index >= 15 is 0 Å². The van der Waals surface area contributed by atoms with Crippen molar-refractivity contribution >= 4 is 44.9 Å². The van der Waals surface area contributed by atoms with Crippen LogP contribution < -0.4 is 9.41 Å². The van der Waals surface area contributed by atoms with Crippen LogP contribution in [0.4, 0.5) is 5.69 Å². The highest BCUT2D eigenvalue weighted by atomic mass is 35.5. The lowest BCUT2D eigenvalue weighted by atomic mass is 10.2. The first-order valence-electron chi connectivity index (χ1n) is 5.99. The lowest BCUT2D eigenvalue weighted by Gasteiger charge is -2.22. The van der Waals surface area contributed by atoms with Crippen molar-refractivity contribution in [1.82, 2.24) is 0 Å². The molecular weight excluding hydrogens is 349 g/mol. The van der Waals surface area contributed by atoms with Crippen LogP contribution in [0.3, 0.4) is 0 Å². The van der Waals surface area contributed by atoms with Gasteiger partial charge in [0, 0.05) is 12.6 Å². The number of carboxylic acids is 1. The number of carbonyl (C=O) groups is 1. The number of carbonyl (C=O) groups excluding carboxylic acids is 1. The molecule has 0 aromatic heterocycles. The van der Waals surface area contributed by atoms with Crippen LogP contribution in [0.25, 0.3) is 0 Å². The highest BCUT2D eigenvalue weighted by Crippen LogP contribution is 2.29. The van der Waals surface area contributed by atoms with E-state index in [4.69, 9.17) is 23.2 Å². The van der Waals surface area contributed by atoms with E-state index in [0.29, 0.717) is 0 Å². The highest BCUT2D eigenvalue weighted by Gasteiger charge is 2.24. The molecule has 2 aromatic rings. The molecule has 0 spiro atoms. The van der Waals surface area contributed by atoms with Crippen molar-refractivity contribution in [2.45, 2.75) is 4.90 Å². The van der Waals surface area contributed by atoms with E-state index in [1.165, 1.54) is 49.5 Å². The van der Waals surface area contributed by atoms with Crippen LogP contribution in [0.2, 0.25) is 10.0 Å². The zero-order chi connectivity index (χ0) is 16.5. The molecule has 0 unspecified atom stereocenters. The Hall–Kier alpha value is -1.76. The molecule has 0 saturated carbocycles. The Morgan fingerprint density at radius 3 is 2.32 bits per heavy atom. The summed E-state index contributed by atoms with van der Waals surface area (Å²) >= 11 is 11.6. The van der Waals surface area contributed by atoms with E-state index < -0.39 is 16.0 Å². The van der Waals surface area contributed by atoms with Crippen molar-refractivity contribution in [2.24, 2.45) is 0 Å². The second kappa shape index (κ2) is 6.16. The quantitative estimate of drug-likeness (QED) is 0.838. The number of hydrogen-bond donors (Lipinski definition) is 0. The zero-order valence-electron chi connectivity index (χ0n) is 11.3. The molecule has 0 saturated heterocycles. The zero-order valence-corrected chi connectivity index (χ0v) is 13.6. The van der Waals surface area contributed by atoms with Crippen molar-refractivity contribution in [3.63, 3.8) is 0 Å². The molecule has 22 heavy (non-hydrogen) atoms. The first kappa shape index (κ1) is 16.6. The Bertz CT molecular complexity index is 836. The minimum atomic E-state index is -3.99. The van der Waals surface area contributed by atoms with Gasteiger partial charge in [-0.15, -0.1) is 0 Å². The standard InChI is InChI=1S/C14H11Cl2NO4S/c1-17(13-5-3-2-4-10(13)14(18)19)22(20,21)9-6-7-11(15)12(16)8-9/h2-8H,1H3,(H,18,19)/p-1. The smallest absolute Gasteiger partial charge is 0.264 e. The number of halogens is 2. The number of sulfonamides is 1. The van der Waals surface area contributed by atoms with Crippen molar-refractivity contribution in [3.05, 3.63) is 58.1 Å². The number of benzene rings is 2. The fraction of sp³-hybridized carbons (Fsp3) is 0.0714. The van der Waals surface area contributed by atoms with E-state index in [1.807, 2.05) is 0 Å². The minimum Gasteiger partial charge on any atom is -0.545 e. The average Bonchev–Trinajstić information content (AvgIpc) is 2.49. The summed E-state index contributed by atoms with van der Waals surface area (Å²) in [5, 5.41) is 11.4. The average molecular weight is 359 g/mol.